The van der Waals surface area contributed by atoms with E-state index in [-0.39, 0.29) is 5.41 Å². The molecule has 1 aliphatic rings. The molecule has 0 spiro atoms. The first-order chi connectivity index (χ1) is 11.4. The predicted molar refractivity (Wildman–Crippen MR) is 97.2 cm³/mol. The predicted octanol–water partition coefficient (Wildman–Crippen LogP) is 1.91. The Bertz CT molecular complexity index is 794. The molecule has 2 aromatic rings. The van der Waals surface area contributed by atoms with Crippen LogP contribution in [-0.2, 0) is 15.6 Å². The Morgan fingerprint density at radius 2 is 1.83 bits per heavy atom. The van der Waals surface area contributed by atoms with E-state index >= 15 is 0 Å². The standard InChI is InChI=1S/C16H22N4O2S2/c1-19(2)24(21,22)20-10-8-16(9-11-20,13-6-4-3-5-7-13)14-12-23-15(17)18-14/h3-7,12H,8-11H2,1-2H3,(H2,17,18). The van der Waals surface area contributed by atoms with Crippen LogP contribution in [0.1, 0.15) is 24.1 Å². The molecule has 1 aromatic heterocycles. The molecule has 0 aliphatic carbocycles. The molecule has 1 fully saturated rings. The van der Waals surface area contributed by atoms with E-state index in [9.17, 15) is 8.42 Å². The van der Waals surface area contributed by atoms with Crippen LogP contribution in [0.5, 0.6) is 0 Å². The summed E-state index contributed by atoms with van der Waals surface area (Å²) >= 11 is 1.43. The number of anilines is 1. The van der Waals surface area contributed by atoms with Gasteiger partial charge in [0.2, 0.25) is 0 Å². The van der Waals surface area contributed by atoms with Gasteiger partial charge in [-0.3, -0.25) is 0 Å². The highest BCUT2D eigenvalue weighted by atomic mass is 32.2. The molecule has 0 unspecified atom stereocenters. The van der Waals surface area contributed by atoms with Crippen molar-refractivity contribution in [3.8, 4) is 0 Å². The zero-order chi connectivity index (χ0) is 17.4. The number of piperidine rings is 1. The Hall–Kier alpha value is -1.48. The van der Waals surface area contributed by atoms with Crippen LogP contribution in [0.15, 0.2) is 35.7 Å². The lowest BCUT2D eigenvalue weighted by atomic mass is 9.71. The van der Waals surface area contributed by atoms with Crippen molar-refractivity contribution in [2.24, 2.45) is 0 Å². The number of hydrogen-bond donors (Lipinski definition) is 1. The Labute approximate surface area is 147 Å². The molecule has 1 saturated heterocycles. The van der Waals surface area contributed by atoms with E-state index in [1.54, 1.807) is 18.4 Å². The molecule has 130 valence electrons. The van der Waals surface area contributed by atoms with Gasteiger partial charge in [-0.05, 0) is 18.4 Å². The molecule has 0 bridgehead atoms. The van der Waals surface area contributed by atoms with E-state index in [0.717, 1.165) is 11.3 Å². The molecule has 2 heterocycles. The van der Waals surface area contributed by atoms with Crippen molar-refractivity contribution in [3.05, 3.63) is 47.0 Å². The highest BCUT2D eigenvalue weighted by molar-refractivity contribution is 7.86. The van der Waals surface area contributed by atoms with E-state index < -0.39 is 10.2 Å². The number of benzene rings is 1. The second kappa shape index (κ2) is 6.44. The minimum absolute atomic E-state index is 0.284. The number of nitrogens with two attached hydrogens (primary N) is 1. The lowest BCUT2D eigenvalue weighted by Gasteiger charge is -2.41. The maximum atomic E-state index is 12.4. The summed E-state index contributed by atoms with van der Waals surface area (Å²) in [6, 6.07) is 10.2. The molecule has 0 amide bonds. The van der Waals surface area contributed by atoms with E-state index in [1.165, 1.54) is 15.6 Å². The Kier molecular flexibility index (Phi) is 4.65. The van der Waals surface area contributed by atoms with Gasteiger partial charge in [-0.2, -0.15) is 17.0 Å². The number of nitrogen functional groups attached to an aromatic ring is 1. The fourth-order valence-electron chi connectivity index (χ4n) is 3.29. The molecule has 8 heteroatoms. The first-order valence-corrected chi connectivity index (χ1v) is 10.1. The molecule has 3 rings (SSSR count). The molecule has 0 radical (unpaired) electrons. The SMILES string of the molecule is CN(C)S(=O)(=O)N1CCC(c2ccccc2)(c2csc(N)n2)CC1. The van der Waals surface area contributed by atoms with Crippen LogP contribution in [0.4, 0.5) is 5.13 Å². The van der Waals surface area contributed by atoms with E-state index in [2.05, 4.69) is 17.1 Å². The van der Waals surface area contributed by atoms with E-state index in [0.29, 0.717) is 31.1 Å². The first kappa shape index (κ1) is 17.3. The molecule has 6 nitrogen and oxygen atoms in total. The average molecular weight is 367 g/mol. The van der Waals surface area contributed by atoms with Gasteiger partial charge in [0.05, 0.1) is 5.69 Å². The Morgan fingerprint density at radius 1 is 1.21 bits per heavy atom. The summed E-state index contributed by atoms with van der Waals surface area (Å²) in [5, 5.41) is 2.54. The number of aromatic nitrogens is 1. The zero-order valence-electron chi connectivity index (χ0n) is 13.8. The smallest absolute Gasteiger partial charge is 0.281 e. The third kappa shape index (κ3) is 2.95. The van der Waals surface area contributed by atoms with Gasteiger partial charge in [0.25, 0.3) is 10.2 Å². The Morgan fingerprint density at radius 3 is 2.33 bits per heavy atom. The molecule has 1 aromatic carbocycles. The van der Waals surface area contributed by atoms with Crippen LogP contribution in [-0.4, -0.2) is 49.2 Å². The van der Waals surface area contributed by atoms with Gasteiger partial charge in [0.15, 0.2) is 5.13 Å². The summed E-state index contributed by atoms with van der Waals surface area (Å²) in [4.78, 5) is 4.52. The van der Waals surface area contributed by atoms with Gasteiger partial charge in [-0.1, -0.05) is 30.3 Å². The maximum Gasteiger partial charge on any atom is 0.281 e. The third-order valence-electron chi connectivity index (χ3n) is 4.70. The normalized spacial score (nSPS) is 18.8. The van der Waals surface area contributed by atoms with Crippen molar-refractivity contribution >= 4 is 26.7 Å². The minimum Gasteiger partial charge on any atom is -0.375 e. The fraction of sp³-hybridized carbons (Fsp3) is 0.438. The van der Waals surface area contributed by atoms with Gasteiger partial charge >= 0.3 is 0 Å². The molecule has 1 aliphatic heterocycles. The number of hydrogen-bond acceptors (Lipinski definition) is 5. The van der Waals surface area contributed by atoms with Gasteiger partial charge in [0.1, 0.15) is 0 Å². The maximum absolute atomic E-state index is 12.4. The average Bonchev–Trinajstić information content (AvgIpc) is 3.02. The second-order valence-corrected chi connectivity index (χ2v) is 9.24. The monoisotopic (exact) mass is 366 g/mol. The molecular formula is C16H22N4O2S2. The molecular weight excluding hydrogens is 344 g/mol. The molecule has 2 N–H and O–H groups in total. The minimum atomic E-state index is -3.39. The van der Waals surface area contributed by atoms with Crippen molar-refractivity contribution < 1.29 is 8.42 Å². The van der Waals surface area contributed by atoms with Crippen LogP contribution in [0.2, 0.25) is 0 Å². The fourth-order valence-corrected chi connectivity index (χ4v) is 5.05. The van der Waals surface area contributed by atoms with Crippen LogP contribution in [0, 0.1) is 0 Å². The lowest BCUT2D eigenvalue weighted by molar-refractivity contribution is 0.252. The van der Waals surface area contributed by atoms with Crippen LogP contribution < -0.4 is 5.73 Å². The summed E-state index contributed by atoms with van der Waals surface area (Å²) in [5.41, 5.74) is 7.68. The van der Waals surface area contributed by atoms with Crippen molar-refractivity contribution in [3.63, 3.8) is 0 Å². The van der Waals surface area contributed by atoms with Crippen molar-refractivity contribution in [1.82, 2.24) is 13.6 Å². The number of nitrogens with zero attached hydrogens (tertiary/aromatic N) is 3. The van der Waals surface area contributed by atoms with Crippen LogP contribution in [0.3, 0.4) is 0 Å². The van der Waals surface area contributed by atoms with Crippen molar-refractivity contribution in [1.29, 1.82) is 0 Å². The highest BCUT2D eigenvalue weighted by Crippen LogP contribution is 2.42. The number of rotatable bonds is 4. The van der Waals surface area contributed by atoms with Gasteiger partial charge < -0.3 is 5.73 Å². The van der Waals surface area contributed by atoms with Crippen molar-refractivity contribution in [2.45, 2.75) is 18.3 Å². The van der Waals surface area contributed by atoms with Crippen LogP contribution >= 0.6 is 11.3 Å². The topological polar surface area (TPSA) is 79.5 Å². The molecule has 0 saturated carbocycles. The van der Waals surface area contributed by atoms with Gasteiger partial charge in [-0.25, -0.2) is 4.98 Å². The zero-order valence-corrected chi connectivity index (χ0v) is 15.5. The second-order valence-electron chi connectivity index (χ2n) is 6.21. The van der Waals surface area contributed by atoms with Gasteiger partial charge in [0, 0.05) is 38.0 Å². The van der Waals surface area contributed by atoms with E-state index in [4.69, 9.17) is 5.73 Å². The highest BCUT2D eigenvalue weighted by Gasteiger charge is 2.42. The summed E-state index contributed by atoms with van der Waals surface area (Å²) in [6.45, 7) is 0.930. The largest absolute Gasteiger partial charge is 0.375 e. The number of thiazole rings is 1. The third-order valence-corrected chi connectivity index (χ3v) is 7.32. The molecule has 0 atom stereocenters. The summed E-state index contributed by atoms with van der Waals surface area (Å²) in [6.07, 6.45) is 1.38. The summed E-state index contributed by atoms with van der Waals surface area (Å²) in [5.74, 6) is 0. The molecule has 24 heavy (non-hydrogen) atoms. The quantitative estimate of drug-likeness (QED) is 0.896. The summed E-state index contributed by atoms with van der Waals surface area (Å²) < 4.78 is 27.6. The lowest BCUT2D eigenvalue weighted by Crippen LogP contribution is -2.49. The van der Waals surface area contributed by atoms with E-state index in [1.807, 2.05) is 23.6 Å². The first-order valence-electron chi connectivity index (χ1n) is 7.81. The summed E-state index contributed by atoms with van der Waals surface area (Å²) in [7, 11) is -0.255. The Balaban J connectivity index is 1.96. The van der Waals surface area contributed by atoms with Gasteiger partial charge in [-0.15, -0.1) is 11.3 Å². The van der Waals surface area contributed by atoms with Crippen molar-refractivity contribution in [2.75, 3.05) is 32.9 Å². The van der Waals surface area contributed by atoms with Crippen LogP contribution in [0.25, 0.3) is 0 Å².